The first-order chi connectivity index (χ1) is 18.1. The van der Waals surface area contributed by atoms with Crippen molar-refractivity contribution in [2.45, 2.75) is 52.2 Å². The molecule has 9 heteroatoms. The van der Waals surface area contributed by atoms with Crippen molar-refractivity contribution in [3.05, 3.63) is 80.9 Å². The summed E-state index contributed by atoms with van der Waals surface area (Å²) < 4.78 is 10.6. The van der Waals surface area contributed by atoms with E-state index in [1.807, 2.05) is 31.2 Å². The minimum atomic E-state index is -0.935. The number of aliphatic hydroxyl groups is 1. The molecule has 0 saturated carbocycles. The molecule has 196 valence electrons. The van der Waals surface area contributed by atoms with Gasteiger partial charge in [-0.15, -0.1) is 0 Å². The van der Waals surface area contributed by atoms with E-state index in [9.17, 15) is 19.5 Å². The summed E-state index contributed by atoms with van der Waals surface area (Å²) in [5.74, 6) is -1.46. The number of carbonyl (C=O) groups is 3. The quantitative estimate of drug-likeness (QED) is 0.205. The Balaban J connectivity index is 1.68. The molecule has 0 bridgehead atoms. The van der Waals surface area contributed by atoms with Gasteiger partial charge in [0.05, 0.1) is 24.4 Å². The van der Waals surface area contributed by atoms with Crippen molar-refractivity contribution in [2.75, 3.05) is 12.0 Å². The molecular weight excluding hydrogens is 504 g/mol. The van der Waals surface area contributed by atoms with E-state index in [1.165, 1.54) is 12.0 Å². The third-order valence-corrected chi connectivity index (χ3v) is 8.03. The molecule has 0 unspecified atom stereocenters. The van der Waals surface area contributed by atoms with Gasteiger partial charge in [-0.25, -0.2) is 9.78 Å². The Morgan fingerprint density at radius 2 is 1.89 bits per heavy atom. The Morgan fingerprint density at radius 3 is 2.55 bits per heavy atom. The second kappa shape index (κ2) is 9.72. The van der Waals surface area contributed by atoms with E-state index >= 15 is 0 Å². The Kier molecular flexibility index (Phi) is 6.56. The van der Waals surface area contributed by atoms with E-state index in [4.69, 9.17) is 9.47 Å². The van der Waals surface area contributed by atoms with Gasteiger partial charge in [-0.1, -0.05) is 49.4 Å². The monoisotopic (exact) mass is 532 g/mol. The lowest BCUT2D eigenvalue weighted by atomic mass is 9.93. The minimum Gasteiger partial charge on any atom is -0.507 e. The molecule has 5 rings (SSSR count). The molecule has 2 aromatic carbocycles. The Hall–Kier alpha value is -3.98. The number of amides is 1. The van der Waals surface area contributed by atoms with Gasteiger partial charge in [0.25, 0.3) is 5.78 Å². The number of methoxy groups -OCH3 is 1. The molecule has 8 nitrogen and oxygen atoms in total. The van der Waals surface area contributed by atoms with Crippen molar-refractivity contribution in [1.82, 2.24) is 4.98 Å². The number of hydrogen-bond donors (Lipinski definition) is 1. The topological polar surface area (TPSA) is 106 Å². The van der Waals surface area contributed by atoms with Crippen molar-refractivity contribution in [1.29, 1.82) is 0 Å². The maximum Gasteiger partial charge on any atom is 0.350 e. The zero-order chi connectivity index (χ0) is 27.3. The molecule has 0 spiro atoms. The number of hydrogen-bond acceptors (Lipinski definition) is 8. The molecule has 2 aliphatic heterocycles. The second-order valence-corrected chi connectivity index (χ2v) is 10.8. The highest BCUT2D eigenvalue weighted by molar-refractivity contribution is 7.17. The molecule has 2 aliphatic rings. The standard InChI is InChI=1S/C29H28N2O6S/c1-14(2)17-6-8-18(9-7-17)23-22(24(32)19-10-11-21-20(13-19)12-15(3)37-21)25(33)27(34)31(23)29-30-16(4)26(38-29)28(35)36-5/h6-11,13-15,23,32H,12H2,1-5H3/t15-,23-/m0/s1. The summed E-state index contributed by atoms with van der Waals surface area (Å²) in [6.07, 6.45) is 0.698. The molecule has 1 aromatic heterocycles. The van der Waals surface area contributed by atoms with E-state index < -0.39 is 23.7 Å². The first kappa shape index (κ1) is 25.7. The number of fused-ring (bicyclic) bond motifs is 1. The third kappa shape index (κ3) is 4.26. The molecule has 1 amide bonds. The van der Waals surface area contributed by atoms with Gasteiger partial charge in [0.15, 0.2) is 5.13 Å². The van der Waals surface area contributed by atoms with Crippen molar-refractivity contribution in [2.24, 2.45) is 0 Å². The summed E-state index contributed by atoms with van der Waals surface area (Å²) in [6, 6.07) is 11.9. The molecule has 0 radical (unpaired) electrons. The van der Waals surface area contributed by atoms with Crippen LogP contribution >= 0.6 is 11.3 Å². The van der Waals surface area contributed by atoms with Gasteiger partial charge in [0.2, 0.25) is 0 Å². The van der Waals surface area contributed by atoms with Crippen LogP contribution in [0.1, 0.15) is 70.4 Å². The Bertz CT molecular complexity index is 1490. The van der Waals surface area contributed by atoms with Crippen LogP contribution in [0.25, 0.3) is 5.76 Å². The molecule has 2 atom stereocenters. The number of esters is 1. The zero-order valence-corrected chi connectivity index (χ0v) is 22.6. The number of anilines is 1. The number of ketones is 1. The van der Waals surface area contributed by atoms with Gasteiger partial charge in [-0.05, 0) is 54.7 Å². The van der Waals surface area contributed by atoms with Crippen molar-refractivity contribution >= 4 is 39.9 Å². The third-order valence-electron chi connectivity index (χ3n) is 6.89. The number of aliphatic hydroxyl groups excluding tert-OH is 1. The minimum absolute atomic E-state index is 0.0181. The van der Waals surface area contributed by atoms with Crippen LogP contribution in [0.3, 0.4) is 0 Å². The van der Waals surface area contributed by atoms with Crippen LogP contribution in [0.5, 0.6) is 5.75 Å². The highest BCUT2D eigenvalue weighted by Crippen LogP contribution is 2.44. The van der Waals surface area contributed by atoms with E-state index in [0.717, 1.165) is 28.2 Å². The summed E-state index contributed by atoms with van der Waals surface area (Å²) >= 11 is 0.974. The van der Waals surface area contributed by atoms with Gasteiger partial charge in [0.1, 0.15) is 22.5 Å². The van der Waals surface area contributed by atoms with Crippen molar-refractivity contribution < 1.29 is 29.0 Å². The number of rotatable bonds is 5. The summed E-state index contributed by atoms with van der Waals surface area (Å²) in [5.41, 5.74) is 3.44. The number of aryl methyl sites for hydroxylation is 1. The lowest BCUT2D eigenvalue weighted by molar-refractivity contribution is -0.132. The average Bonchev–Trinajstić information content (AvgIpc) is 3.55. The number of benzene rings is 2. The number of aromatic nitrogens is 1. The van der Waals surface area contributed by atoms with Gasteiger partial charge in [-0.2, -0.15) is 0 Å². The van der Waals surface area contributed by atoms with Crippen LogP contribution in [0.15, 0.2) is 48.0 Å². The van der Waals surface area contributed by atoms with Crippen LogP contribution < -0.4 is 9.64 Å². The summed E-state index contributed by atoms with van der Waals surface area (Å²) in [6.45, 7) is 7.76. The lowest BCUT2D eigenvalue weighted by Gasteiger charge is -2.23. The number of carbonyl (C=O) groups excluding carboxylic acids is 3. The number of thiazole rings is 1. The van der Waals surface area contributed by atoms with E-state index in [0.29, 0.717) is 23.2 Å². The summed E-state index contributed by atoms with van der Waals surface area (Å²) in [7, 11) is 1.27. The van der Waals surface area contributed by atoms with E-state index in [2.05, 4.69) is 18.8 Å². The first-order valence-corrected chi connectivity index (χ1v) is 13.2. The van der Waals surface area contributed by atoms with Crippen molar-refractivity contribution in [3.63, 3.8) is 0 Å². The molecule has 38 heavy (non-hydrogen) atoms. The van der Waals surface area contributed by atoms with Crippen LogP contribution in [-0.4, -0.2) is 41.0 Å². The Morgan fingerprint density at radius 1 is 1.18 bits per heavy atom. The number of ether oxygens (including phenoxy) is 2. The Labute approximate surface area is 224 Å². The SMILES string of the molecule is COC(=O)c1sc(N2C(=O)C(=O)C(=C(O)c3ccc4c(c3)C[C@H](C)O4)[C@@H]2c2ccc(C(C)C)cc2)nc1C. The molecule has 1 saturated heterocycles. The smallest absolute Gasteiger partial charge is 0.350 e. The molecule has 3 heterocycles. The fourth-order valence-corrected chi connectivity index (χ4v) is 5.91. The van der Waals surface area contributed by atoms with Crippen LogP contribution in [0.4, 0.5) is 5.13 Å². The first-order valence-electron chi connectivity index (χ1n) is 12.4. The van der Waals surface area contributed by atoms with Crippen LogP contribution in [-0.2, 0) is 20.7 Å². The van der Waals surface area contributed by atoms with Crippen molar-refractivity contribution in [3.8, 4) is 5.75 Å². The fourth-order valence-electron chi connectivity index (χ4n) is 4.90. The predicted octanol–water partition coefficient (Wildman–Crippen LogP) is 5.31. The largest absolute Gasteiger partial charge is 0.507 e. The highest BCUT2D eigenvalue weighted by atomic mass is 32.1. The van der Waals surface area contributed by atoms with Gasteiger partial charge in [0, 0.05) is 12.0 Å². The normalized spacial score (nSPS) is 20.1. The number of nitrogens with zero attached hydrogens (tertiary/aromatic N) is 2. The molecular formula is C29H28N2O6S. The van der Waals surface area contributed by atoms with E-state index in [1.54, 1.807) is 25.1 Å². The summed E-state index contributed by atoms with van der Waals surface area (Å²) in [5, 5.41) is 11.7. The maximum absolute atomic E-state index is 13.5. The van der Waals surface area contributed by atoms with Gasteiger partial charge < -0.3 is 14.6 Å². The van der Waals surface area contributed by atoms with Gasteiger partial charge in [-0.3, -0.25) is 14.5 Å². The molecule has 3 aromatic rings. The van der Waals surface area contributed by atoms with Crippen LogP contribution in [0, 0.1) is 6.92 Å². The molecule has 0 aliphatic carbocycles. The maximum atomic E-state index is 13.5. The predicted molar refractivity (Wildman–Crippen MR) is 144 cm³/mol. The zero-order valence-electron chi connectivity index (χ0n) is 21.8. The van der Waals surface area contributed by atoms with Gasteiger partial charge >= 0.3 is 11.9 Å². The van der Waals surface area contributed by atoms with Crippen LogP contribution in [0.2, 0.25) is 0 Å². The summed E-state index contributed by atoms with van der Waals surface area (Å²) in [4.78, 5) is 45.1. The highest BCUT2D eigenvalue weighted by Gasteiger charge is 2.48. The average molecular weight is 533 g/mol. The van der Waals surface area contributed by atoms with E-state index in [-0.39, 0.29) is 33.4 Å². The fraction of sp³-hybridized carbons (Fsp3) is 0.310. The molecule has 1 N–H and O–H groups in total. The lowest BCUT2D eigenvalue weighted by Crippen LogP contribution is -2.29. The molecule has 1 fully saturated rings. The number of Topliss-reactive ketones (excluding diaryl/α,β-unsaturated/α-hetero) is 1. The second-order valence-electron chi connectivity index (χ2n) is 9.85.